The molecule has 0 spiro atoms. The Morgan fingerprint density at radius 1 is 1.06 bits per heavy atom. The number of primary amides is 1. The Hall–Kier alpha value is -2.49. The highest BCUT2D eigenvalue weighted by Gasteiger charge is 2.59. The van der Waals surface area contributed by atoms with Crippen LogP contribution in [0.15, 0.2) is 45.3 Å². The van der Waals surface area contributed by atoms with Crippen LogP contribution in [0.2, 0.25) is 0 Å². The molecule has 3 unspecified atom stereocenters. The molecule has 2 aliphatic rings. The molecule has 2 N–H and O–H groups in total. The normalized spacial score (nSPS) is 23.5. The van der Waals surface area contributed by atoms with Gasteiger partial charge < -0.3 is 10.2 Å². The molecule has 3 heterocycles. The second-order valence-electron chi connectivity index (χ2n) is 7.86. The van der Waals surface area contributed by atoms with E-state index in [1.54, 1.807) is 5.06 Å². The molecule has 1 aromatic carbocycles. The van der Waals surface area contributed by atoms with Gasteiger partial charge in [-0.05, 0) is 37.1 Å². The molecular weight excluding hydrogens is 466 g/mol. The Kier molecular flexibility index (Phi) is 6.27. The van der Waals surface area contributed by atoms with Crippen molar-refractivity contribution in [3.63, 3.8) is 0 Å². The third-order valence-electron chi connectivity index (χ3n) is 5.76. The van der Waals surface area contributed by atoms with Crippen LogP contribution < -0.4 is 5.73 Å². The van der Waals surface area contributed by atoms with Crippen molar-refractivity contribution in [2.45, 2.75) is 37.8 Å². The minimum Gasteiger partial charge on any atom is -0.459 e. The number of nitrogens with two attached hydrogens (primary N) is 1. The minimum atomic E-state index is -0.839. The number of imide groups is 1. The lowest BCUT2D eigenvalue weighted by atomic mass is 9.94. The molecular formula is C22H24BrN3O5. The van der Waals surface area contributed by atoms with E-state index in [0.717, 1.165) is 27.8 Å². The van der Waals surface area contributed by atoms with Crippen molar-refractivity contribution in [3.8, 4) is 11.3 Å². The monoisotopic (exact) mass is 489 g/mol. The fourth-order valence-electron chi connectivity index (χ4n) is 4.14. The number of hydrogen-bond donors (Lipinski definition) is 1. The van der Waals surface area contributed by atoms with Crippen molar-refractivity contribution >= 4 is 33.7 Å². The first kappa shape index (κ1) is 21.7. The summed E-state index contributed by atoms with van der Waals surface area (Å²) in [7, 11) is 1.48. The summed E-state index contributed by atoms with van der Waals surface area (Å²) in [4.78, 5) is 43.3. The van der Waals surface area contributed by atoms with E-state index in [1.165, 1.54) is 7.05 Å². The van der Waals surface area contributed by atoms with Crippen molar-refractivity contribution < 1.29 is 23.6 Å². The van der Waals surface area contributed by atoms with Crippen LogP contribution in [-0.2, 0) is 19.2 Å². The van der Waals surface area contributed by atoms with Crippen LogP contribution in [-0.4, -0.2) is 47.4 Å². The molecule has 2 aromatic rings. The van der Waals surface area contributed by atoms with Gasteiger partial charge in [-0.25, -0.2) is 0 Å². The van der Waals surface area contributed by atoms with Crippen LogP contribution in [0, 0.1) is 5.92 Å². The van der Waals surface area contributed by atoms with E-state index < -0.39 is 18.1 Å². The number of carbonyl (C=O) groups excluding carboxylic acids is 3. The van der Waals surface area contributed by atoms with Gasteiger partial charge in [0.15, 0.2) is 6.10 Å². The quantitative estimate of drug-likeness (QED) is 0.451. The average Bonchev–Trinajstić information content (AvgIpc) is 3.41. The number of likely N-dealkylation sites (N-methyl/N-ethyl adjacent to an activating group) is 1. The second-order valence-corrected chi connectivity index (χ2v) is 8.77. The Morgan fingerprint density at radius 3 is 2.52 bits per heavy atom. The van der Waals surface area contributed by atoms with E-state index >= 15 is 0 Å². The standard InChI is InChI=1S/C22H24BrN3O5/c1-25-21(28)18-19(16-11-10-15(30-16)13-6-8-14(23)9-7-13)26(31-20(18)22(25)29)12-4-2-3-5-17(24)27/h6-11,18-20H,2-5,12H2,1H3,(H2,24,27). The Balaban J connectivity index is 1.55. The number of nitrogens with zero attached hydrogens (tertiary/aromatic N) is 2. The lowest BCUT2D eigenvalue weighted by molar-refractivity contribution is -0.180. The largest absolute Gasteiger partial charge is 0.459 e. The van der Waals surface area contributed by atoms with Gasteiger partial charge in [-0.15, -0.1) is 0 Å². The van der Waals surface area contributed by atoms with Crippen molar-refractivity contribution in [2.75, 3.05) is 13.6 Å². The number of halogens is 1. The van der Waals surface area contributed by atoms with Gasteiger partial charge in [0.1, 0.15) is 23.5 Å². The zero-order valence-corrected chi connectivity index (χ0v) is 18.7. The van der Waals surface area contributed by atoms with Crippen LogP contribution >= 0.6 is 15.9 Å². The summed E-state index contributed by atoms with van der Waals surface area (Å²) in [6, 6.07) is 10.9. The number of fused-ring (bicyclic) bond motifs is 1. The molecule has 0 bridgehead atoms. The van der Waals surface area contributed by atoms with Gasteiger partial charge in [-0.2, -0.15) is 5.06 Å². The molecule has 2 fully saturated rings. The number of benzene rings is 1. The molecule has 0 radical (unpaired) electrons. The highest BCUT2D eigenvalue weighted by molar-refractivity contribution is 9.10. The Labute approximate surface area is 188 Å². The zero-order chi connectivity index (χ0) is 22.1. The Bertz CT molecular complexity index is 989. The number of furan rings is 1. The van der Waals surface area contributed by atoms with Crippen LogP contribution in [0.3, 0.4) is 0 Å². The first-order chi connectivity index (χ1) is 14.9. The molecule has 0 aliphatic carbocycles. The summed E-state index contributed by atoms with van der Waals surface area (Å²) in [5, 5.41) is 1.69. The maximum atomic E-state index is 12.8. The smallest absolute Gasteiger partial charge is 0.261 e. The van der Waals surface area contributed by atoms with Gasteiger partial charge in [-0.3, -0.25) is 24.1 Å². The molecule has 31 heavy (non-hydrogen) atoms. The van der Waals surface area contributed by atoms with Crippen LogP contribution in [0.5, 0.6) is 0 Å². The SMILES string of the molecule is CN1C(=O)C2ON(CCCCCC(N)=O)C(c3ccc(-c4ccc(Br)cc4)o3)C2C1=O. The summed E-state index contributed by atoms with van der Waals surface area (Å²) in [6.07, 6.45) is 1.72. The lowest BCUT2D eigenvalue weighted by Gasteiger charge is -2.24. The molecule has 3 atom stereocenters. The molecule has 4 rings (SSSR count). The molecule has 1 aromatic heterocycles. The average molecular weight is 490 g/mol. The van der Waals surface area contributed by atoms with Gasteiger partial charge in [-0.1, -0.05) is 34.5 Å². The van der Waals surface area contributed by atoms with Gasteiger partial charge in [0.2, 0.25) is 11.8 Å². The highest BCUT2D eigenvalue weighted by atomic mass is 79.9. The van der Waals surface area contributed by atoms with Crippen LogP contribution in [0.1, 0.15) is 37.5 Å². The summed E-state index contributed by atoms with van der Waals surface area (Å²) >= 11 is 3.42. The predicted octanol–water partition coefficient (Wildman–Crippen LogP) is 3.03. The van der Waals surface area contributed by atoms with Gasteiger partial charge in [0.05, 0.1) is 0 Å². The van der Waals surface area contributed by atoms with E-state index in [0.29, 0.717) is 30.9 Å². The minimum absolute atomic E-state index is 0.266. The van der Waals surface area contributed by atoms with Gasteiger partial charge in [0.25, 0.3) is 5.91 Å². The Morgan fingerprint density at radius 2 is 1.81 bits per heavy atom. The van der Waals surface area contributed by atoms with Crippen LogP contribution in [0.4, 0.5) is 0 Å². The highest BCUT2D eigenvalue weighted by Crippen LogP contribution is 2.45. The number of carbonyl (C=O) groups is 3. The van der Waals surface area contributed by atoms with Gasteiger partial charge >= 0.3 is 0 Å². The van der Waals surface area contributed by atoms with Crippen molar-refractivity contribution in [1.29, 1.82) is 0 Å². The van der Waals surface area contributed by atoms with Crippen molar-refractivity contribution in [3.05, 3.63) is 46.6 Å². The number of unbranched alkanes of at least 4 members (excludes halogenated alkanes) is 2. The second kappa shape index (κ2) is 8.94. The summed E-state index contributed by atoms with van der Waals surface area (Å²) < 4.78 is 7.10. The number of likely N-dealkylation sites (tertiary alicyclic amines) is 1. The third-order valence-corrected chi connectivity index (χ3v) is 6.29. The summed E-state index contributed by atoms with van der Waals surface area (Å²) in [5.41, 5.74) is 6.10. The zero-order valence-electron chi connectivity index (χ0n) is 17.1. The summed E-state index contributed by atoms with van der Waals surface area (Å²) in [5.74, 6) is -0.308. The van der Waals surface area contributed by atoms with Crippen molar-refractivity contribution in [1.82, 2.24) is 9.96 Å². The third kappa shape index (κ3) is 4.30. The number of rotatable bonds is 8. The number of hydroxylamine groups is 2. The molecule has 8 nitrogen and oxygen atoms in total. The van der Waals surface area contributed by atoms with Gasteiger partial charge in [0, 0.05) is 30.0 Å². The topological polar surface area (TPSA) is 106 Å². The number of hydrogen-bond acceptors (Lipinski definition) is 6. The fourth-order valence-corrected chi connectivity index (χ4v) is 4.41. The maximum absolute atomic E-state index is 12.8. The molecule has 0 saturated carbocycles. The molecule has 2 aliphatic heterocycles. The summed E-state index contributed by atoms with van der Waals surface area (Å²) in [6.45, 7) is 0.509. The van der Waals surface area contributed by atoms with E-state index in [-0.39, 0.29) is 17.7 Å². The predicted molar refractivity (Wildman–Crippen MR) is 115 cm³/mol. The molecule has 9 heteroatoms. The molecule has 164 valence electrons. The fraction of sp³-hybridized carbons (Fsp3) is 0.409. The first-order valence-electron chi connectivity index (χ1n) is 10.3. The van der Waals surface area contributed by atoms with E-state index in [9.17, 15) is 14.4 Å². The first-order valence-corrected chi connectivity index (χ1v) is 11.0. The van der Waals surface area contributed by atoms with E-state index in [2.05, 4.69) is 15.9 Å². The molecule has 3 amide bonds. The lowest BCUT2D eigenvalue weighted by Crippen LogP contribution is -2.35. The van der Waals surface area contributed by atoms with Crippen LogP contribution in [0.25, 0.3) is 11.3 Å². The van der Waals surface area contributed by atoms with E-state index in [1.807, 2.05) is 36.4 Å². The maximum Gasteiger partial charge on any atom is 0.261 e. The van der Waals surface area contributed by atoms with Crippen molar-refractivity contribution in [2.24, 2.45) is 11.7 Å². The number of amides is 3. The molecule has 2 saturated heterocycles. The van der Waals surface area contributed by atoms with E-state index in [4.69, 9.17) is 15.0 Å².